The smallest absolute Gasteiger partial charge is 0.00172 e. The maximum Gasteiger partial charge on any atom is -0.00172 e. The van der Waals surface area contributed by atoms with Gasteiger partial charge in [0.1, 0.15) is 0 Å². The van der Waals surface area contributed by atoms with Crippen molar-refractivity contribution >= 4 is 0 Å². The lowest BCUT2D eigenvalue weighted by molar-refractivity contribution is 0.330. The lowest BCUT2D eigenvalue weighted by Crippen LogP contribution is -2.11. The summed E-state index contributed by atoms with van der Waals surface area (Å²) in [6.45, 7) is 3.44. The molecule has 0 heterocycles. The summed E-state index contributed by atoms with van der Waals surface area (Å²) in [7, 11) is 2.03. The molecule has 2 fully saturated rings. The molecule has 15 heavy (non-hydrogen) atoms. The minimum absolute atomic E-state index is 1.04. The van der Waals surface area contributed by atoms with Gasteiger partial charge in [-0.25, -0.2) is 0 Å². The summed E-state index contributed by atoms with van der Waals surface area (Å²) < 4.78 is 0. The first-order chi connectivity index (χ1) is 7.29. The monoisotopic (exact) mass is 207 g/mol. The topological polar surface area (TPSA) is 12.0 Å². The van der Waals surface area contributed by atoms with Crippen LogP contribution in [0.2, 0.25) is 0 Å². The van der Waals surface area contributed by atoms with E-state index in [2.05, 4.69) is 18.3 Å². The lowest BCUT2D eigenvalue weighted by Gasteiger charge is -2.21. The van der Waals surface area contributed by atoms with E-state index in [0.29, 0.717) is 0 Å². The van der Waals surface area contributed by atoms with Crippen molar-refractivity contribution in [1.82, 2.24) is 5.32 Å². The molecule has 0 aromatic heterocycles. The minimum Gasteiger partial charge on any atom is -0.319 e. The zero-order chi connectivity index (χ0) is 10.7. The number of allylic oxidation sites excluding steroid dienone is 1. The molecule has 1 nitrogen and oxygen atoms in total. The Balaban J connectivity index is 1.74. The molecule has 2 rings (SSSR count). The molecule has 3 atom stereocenters. The van der Waals surface area contributed by atoms with Gasteiger partial charge in [0.25, 0.3) is 0 Å². The van der Waals surface area contributed by atoms with Gasteiger partial charge < -0.3 is 5.32 Å². The standard InChI is InChI=1S/C14H25N/c1-11(4-3-7-15-2)8-14-10-12-5-6-13(14)9-12/h4,12-15H,3,5-10H2,1-2H3. The molecule has 0 aromatic rings. The zero-order valence-electron chi connectivity index (χ0n) is 10.3. The third kappa shape index (κ3) is 2.84. The molecule has 1 N–H and O–H groups in total. The molecule has 0 aliphatic heterocycles. The number of fused-ring (bicyclic) bond motifs is 2. The summed E-state index contributed by atoms with van der Waals surface area (Å²) in [6, 6.07) is 0. The zero-order valence-corrected chi connectivity index (χ0v) is 10.3. The van der Waals surface area contributed by atoms with Crippen LogP contribution in [0.5, 0.6) is 0 Å². The number of hydrogen-bond acceptors (Lipinski definition) is 1. The predicted molar refractivity (Wildman–Crippen MR) is 65.9 cm³/mol. The highest BCUT2D eigenvalue weighted by Crippen LogP contribution is 2.50. The van der Waals surface area contributed by atoms with E-state index in [1.54, 1.807) is 12.0 Å². The molecule has 0 saturated heterocycles. The van der Waals surface area contributed by atoms with Crippen LogP contribution in [0.4, 0.5) is 0 Å². The van der Waals surface area contributed by atoms with Gasteiger partial charge >= 0.3 is 0 Å². The Morgan fingerprint density at radius 1 is 1.33 bits per heavy atom. The van der Waals surface area contributed by atoms with Crippen molar-refractivity contribution in [2.24, 2.45) is 17.8 Å². The van der Waals surface area contributed by atoms with Crippen molar-refractivity contribution in [2.45, 2.75) is 45.4 Å². The highest BCUT2D eigenvalue weighted by Gasteiger charge is 2.38. The molecule has 3 unspecified atom stereocenters. The number of rotatable bonds is 5. The summed E-state index contributed by atoms with van der Waals surface area (Å²) in [5.74, 6) is 3.22. The van der Waals surface area contributed by atoms with Crippen molar-refractivity contribution in [3.63, 3.8) is 0 Å². The average molecular weight is 207 g/mol. The van der Waals surface area contributed by atoms with E-state index in [4.69, 9.17) is 0 Å². The molecule has 86 valence electrons. The maximum atomic E-state index is 3.20. The lowest BCUT2D eigenvalue weighted by atomic mass is 9.84. The Bertz CT molecular complexity index is 231. The second kappa shape index (κ2) is 5.16. The van der Waals surface area contributed by atoms with Crippen LogP contribution in [0.1, 0.15) is 45.4 Å². The Morgan fingerprint density at radius 3 is 2.80 bits per heavy atom. The third-order valence-electron chi connectivity index (χ3n) is 4.36. The van der Waals surface area contributed by atoms with Crippen molar-refractivity contribution in [1.29, 1.82) is 0 Å². The first kappa shape index (κ1) is 11.2. The van der Waals surface area contributed by atoms with E-state index in [0.717, 1.165) is 24.3 Å². The second-order valence-electron chi connectivity index (χ2n) is 5.58. The number of nitrogens with one attached hydrogen (secondary N) is 1. The van der Waals surface area contributed by atoms with E-state index in [1.165, 1.54) is 32.1 Å². The minimum atomic E-state index is 1.04. The van der Waals surface area contributed by atoms with Gasteiger partial charge in [-0.1, -0.05) is 18.1 Å². The van der Waals surface area contributed by atoms with Gasteiger partial charge in [0.15, 0.2) is 0 Å². The molecule has 0 spiro atoms. The van der Waals surface area contributed by atoms with E-state index < -0.39 is 0 Å². The fourth-order valence-electron chi connectivity index (χ4n) is 3.59. The summed E-state index contributed by atoms with van der Waals surface area (Å²) in [5, 5.41) is 3.20. The molecular weight excluding hydrogens is 182 g/mol. The Morgan fingerprint density at radius 2 is 2.20 bits per heavy atom. The van der Waals surface area contributed by atoms with E-state index >= 15 is 0 Å². The van der Waals surface area contributed by atoms with Crippen LogP contribution in [-0.4, -0.2) is 13.6 Å². The Hall–Kier alpha value is -0.300. The fourth-order valence-corrected chi connectivity index (χ4v) is 3.59. The van der Waals surface area contributed by atoms with Crippen LogP contribution in [0.25, 0.3) is 0 Å². The largest absolute Gasteiger partial charge is 0.319 e. The van der Waals surface area contributed by atoms with Gasteiger partial charge in [0.2, 0.25) is 0 Å². The van der Waals surface area contributed by atoms with Crippen molar-refractivity contribution < 1.29 is 0 Å². The molecule has 0 amide bonds. The molecule has 0 radical (unpaired) electrons. The van der Waals surface area contributed by atoms with Gasteiger partial charge in [-0.3, -0.25) is 0 Å². The average Bonchev–Trinajstić information content (AvgIpc) is 2.79. The van der Waals surface area contributed by atoms with Crippen LogP contribution in [0, 0.1) is 17.8 Å². The predicted octanol–water partition coefficient (Wildman–Crippen LogP) is 3.37. The highest BCUT2D eigenvalue weighted by molar-refractivity contribution is 5.03. The SMILES string of the molecule is CNCCC=C(C)CC1CC2CCC1C2. The molecule has 0 aromatic carbocycles. The van der Waals surface area contributed by atoms with E-state index in [1.807, 2.05) is 7.05 Å². The van der Waals surface area contributed by atoms with Crippen LogP contribution < -0.4 is 5.32 Å². The molecule has 2 aliphatic carbocycles. The first-order valence-electron chi connectivity index (χ1n) is 6.60. The molecule has 2 saturated carbocycles. The quantitative estimate of drug-likeness (QED) is 0.538. The fraction of sp³-hybridized carbons (Fsp3) is 0.857. The van der Waals surface area contributed by atoms with Crippen LogP contribution in [0.15, 0.2) is 11.6 Å². The summed E-state index contributed by atoms with van der Waals surface area (Å²) in [5.41, 5.74) is 1.63. The molecule has 2 aliphatic rings. The summed E-state index contributed by atoms with van der Waals surface area (Å²) in [4.78, 5) is 0. The Kier molecular flexibility index (Phi) is 3.85. The Labute approximate surface area is 94.3 Å². The van der Waals surface area contributed by atoms with Gasteiger partial charge in [0, 0.05) is 0 Å². The van der Waals surface area contributed by atoms with Gasteiger partial charge in [0.05, 0.1) is 0 Å². The van der Waals surface area contributed by atoms with Crippen LogP contribution in [0.3, 0.4) is 0 Å². The van der Waals surface area contributed by atoms with Crippen LogP contribution in [-0.2, 0) is 0 Å². The van der Waals surface area contributed by atoms with Crippen LogP contribution >= 0.6 is 0 Å². The summed E-state index contributed by atoms with van der Waals surface area (Å²) >= 11 is 0. The third-order valence-corrected chi connectivity index (χ3v) is 4.36. The van der Waals surface area contributed by atoms with E-state index in [9.17, 15) is 0 Å². The molecule has 1 heteroatoms. The van der Waals surface area contributed by atoms with Gasteiger partial charge in [-0.2, -0.15) is 0 Å². The second-order valence-corrected chi connectivity index (χ2v) is 5.58. The molecular formula is C14H25N. The molecule has 2 bridgehead atoms. The first-order valence-corrected chi connectivity index (χ1v) is 6.60. The maximum absolute atomic E-state index is 3.20. The highest BCUT2D eigenvalue weighted by atomic mass is 14.8. The normalized spacial score (nSPS) is 35.1. The van der Waals surface area contributed by atoms with Crippen molar-refractivity contribution in [3.8, 4) is 0 Å². The van der Waals surface area contributed by atoms with Crippen molar-refractivity contribution in [3.05, 3.63) is 11.6 Å². The number of hydrogen-bond donors (Lipinski definition) is 1. The van der Waals surface area contributed by atoms with Gasteiger partial charge in [-0.05, 0) is 70.4 Å². The van der Waals surface area contributed by atoms with Crippen molar-refractivity contribution in [2.75, 3.05) is 13.6 Å². The van der Waals surface area contributed by atoms with Gasteiger partial charge in [-0.15, -0.1) is 0 Å². The summed E-state index contributed by atoms with van der Waals surface area (Å²) in [6.07, 6.45) is 11.1. The van der Waals surface area contributed by atoms with E-state index in [-0.39, 0.29) is 0 Å².